The topological polar surface area (TPSA) is 69.8 Å². The molecule has 1 aliphatic heterocycles. The second kappa shape index (κ2) is 8.83. The Kier molecular flexibility index (Phi) is 6.59. The van der Waals surface area contributed by atoms with Crippen molar-refractivity contribution in [2.24, 2.45) is 5.92 Å². The number of carbonyl (C=O) groups is 1. The maximum absolute atomic E-state index is 12.9. The molecular weight excluding hydrogens is 440 g/mol. The lowest BCUT2D eigenvalue weighted by Gasteiger charge is -2.21. The second-order valence-electron chi connectivity index (χ2n) is 7.06. The van der Waals surface area contributed by atoms with E-state index in [0.29, 0.717) is 34.4 Å². The molecular formula is C20H19Cl2F3N4O. The van der Waals surface area contributed by atoms with Gasteiger partial charge in [-0.1, -0.05) is 23.7 Å². The number of halogens is 5. The van der Waals surface area contributed by atoms with Crippen LogP contribution in [-0.2, 0) is 11.0 Å². The molecule has 0 spiro atoms. The van der Waals surface area contributed by atoms with E-state index in [1.54, 1.807) is 18.2 Å². The van der Waals surface area contributed by atoms with Crippen LogP contribution in [0.15, 0.2) is 36.4 Å². The van der Waals surface area contributed by atoms with Gasteiger partial charge in [-0.25, -0.2) is 0 Å². The number of anilines is 1. The average Bonchev–Trinajstić information content (AvgIpc) is 3.10. The van der Waals surface area contributed by atoms with Crippen LogP contribution in [0.1, 0.15) is 18.4 Å². The largest absolute Gasteiger partial charge is 0.416 e. The van der Waals surface area contributed by atoms with Crippen LogP contribution in [0, 0.1) is 5.92 Å². The normalized spacial score (nSPS) is 16.9. The molecule has 1 saturated heterocycles. The number of carbonyl (C=O) groups excluding carboxylic acids is 1. The molecule has 1 aliphatic rings. The fourth-order valence-corrected chi connectivity index (χ4v) is 3.79. The van der Waals surface area contributed by atoms with Crippen LogP contribution in [0.2, 0.25) is 5.02 Å². The van der Waals surface area contributed by atoms with Crippen LogP contribution in [0.3, 0.4) is 0 Å². The summed E-state index contributed by atoms with van der Waals surface area (Å²) >= 11 is 6.12. The van der Waals surface area contributed by atoms with Gasteiger partial charge in [0, 0.05) is 22.5 Å². The highest BCUT2D eigenvalue weighted by Crippen LogP contribution is 2.37. The number of nitrogens with zero attached hydrogens (tertiary/aromatic N) is 1. The maximum Gasteiger partial charge on any atom is 0.416 e. The van der Waals surface area contributed by atoms with Gasteiger partial charge in [0.1, 0.15) is 0 Å². The van der Waals surface area contributed by atoms with Crippen molar-refractivity contribution >= 4 is 46.6 Å². The lowest BCUT2D eigenvalue weighted by Crippen LogP contribution is -2.37. The number of rotatable bonds is 3. The predicted molar refractivity (Wildman–Crippen MR) is 113 cm³/mol. The summed E-state index contributed by atoms with van der Waals surface area (Å²) < 4.78 is 38.6. The van der Waals surface area contributed by atoms with Gasteiger partial charge >= 0.3 is 6.18 Å². The van der Waals surface area contributed by atoms with E-state index in [1.165, 1.54) is 6.07 Å². The van der Waals surface area contributed by atoms with Crippen molar-refractivity contribution in [2.45, 2.75) is 19.0 Å². The number of hydrogen-bond acceptors (Lipinski definition) is 3. The highest BCUT2D eigenvalue weighted by atomic mass is 35.5. The van der Waals surface area contributed by atoms with E-state index in [0.717, 1.165) is 31.5 Å². The Morgan fingerprint density at radius 3 is 2.67 bits per heavy atom. The van der Waals surface area contributed by atoms with E-state index in [-0.39, 0.29) is 29.3 Å². The number of alkyl halides is 3. The molecule has 160 valence electrons. The van der Waals surface area contributed by atoms with Crippen molar-refractivity contribution in [1.82, 2.24) is 15.5 Å². The lowest BCUT2D eigenvalue weighted by atomic mass is 9.98. The predicted octanol–water partition coefficient (Wildman–Crippen LogP) is 5.26. The third kappa shape index (κ3) is 4.55. The fourth-order valence-electron chi connectivity index (χ4n) is 3.50. The van der Waals surface area contributed by atoms with E-state index in [2.05, 4.69) is 20.8 Å². The van der Waals surface area contributed by atoms with Crippen molar-refractivity contribution in [1.29, 1.82) is 0 Å². The summed E-state index contributed by atoms with van der Waals surface area (Å²) in [6, 6.07) is 8.50. The fraction of sp³-hybridized carbons (Fsp3) is 0.300. The first kappa shape index (κ1) is 22.4. The number of amides is 1. The van der Waals surface area contributed by atoms with Crippen LogP contribution >= 0.6 is 24.0 Å². The number of benzene rings is 2. The molecule has 2 heterocycles. The van der Waals surface area contributed by atoms with Gasteiger partial charge in [-0.3, -0.25) is 9.89 Å². The summed E-state index contributed by atoms with van der Waals surface area (Å²) in [5, 5.41) is 13.7. The third-order valence-corrected chi connectivity index (χ3v) is 5.39. The van der Waals surface area contributed by atoms with E-state index in [4.69, 9.17) is 11.6 Å². The third-order valence-electron chi connectivity index (χ3n) is 5.08. The maximum atomic E-state index is 12.9. The molecule has 2 aromatic carbocycles. The van der Waals surface area contributed by atoms with Crippen LogP contribution < -0.4 is 10.6 Å². The van der Waals surface area contributed by atoms with Crippen LogP contribution in [0.5, 0.6) is 0 Å². The van der Waals surface area contributed by atoms with Gasteiger partial charge in [0.25, 0.3) is 0 Å². The summed E-state index contributed by atoms with van der Waals surface area (Å²) in [6.07, 6.45) is -2.70. The molecule has 3 aromatic rings. The molecule has 0 unspecified atom stereocenters. The number of aromatic amines is 1. The summed E-state index contributed by atoms with van der Waals surface area (Å²) in [4.78, 5) is 12.5. The van der Waals surface area contributed by atoms with Gasteiger partial charge in [0.05, 0.1) is 17.0 Å². The SMILES string of the molecule is Cl.O=C(Nc1n[nH]c2ccc(-c3ccc(C(F)(F)F)cc3Cl)cc12)[C@@H]1CCCNC1. The van der Waals surface area contributed by atoms with Crippen LogP contribution in [-0.4, -0.2) is 29.2 Å². The van der Waals surface area contributed by atoms with Crippen molar-refractivity contribution in [3.05, 3.63) is 47.0 Å². The molecule has 5 nitrogen and oxygen atoms in total. The Hall–Kier alpha value is -2.29. The molecule has 3 N–H and O–H groups in total. The zero-order valence-corrected chi connectivity index (χ0v) is 17.2. The van der Waals surface area contributed by atoms with E-state index >= 15 is 0 Å². The summed E-state index contributed by atoms with van der Waals surface area (Å²) in [5.41, 5.74) is 1.00. The molecule has 0 aliphatic carbocycles. The van der Waals surface area contributed by atoms with E-state index in [9.17, 15) is 18.0 Å². The van der Waals surface area contributed by atoms with Gasteiger partial charge in [0.15, 0.2) is 5.82 Å². The Balaban J connectivity index is 0.00000256. The first-order chi connectivity index (χ1) is 13.8. The van der Waals surface area contributed by atoms with Gasteiger partial charge in [0.2, 0.25) is 5.91 Å². The molecule has 4 rings (SSSR count). The zero-order chi connectivity index (χ0) is 20.6. The quantitative estimate of drug-likeness (QED) is 0.501. The summed E-state index contributed by atoms with van der Waals surface area (Å²) in [6.45, 7) is 1.53. The molecule has 10 heteroatoms. The smallest absolute Gasteiger partial charge is 0.316 e. The molecule has 1 amide bonds. The minimum Gasteiger partial charge on any atom is -0.316 e. The van der Waals surface area contributed by atoms with E-state index < -0.39 is 11.7 Å². The number of hydrogen-bond donors (Lipinski definition) is 3. The molecule has 1 aromatic heterocycles. The molecule has 1 fully saturated rings. The van der Waals surface area contributed by atoms with Crippen LogP contribution in [0.4, 0.5) is 19.0 Å². The van der Waals surface area contributed by atoms with Gasteiger partial charge in [-0.2, -0.15) is 18.3 Å². The van der Waals surface area contributed by atoms with Gasteiger partial charge in [-0.15, -0.1) is 12.4 Å². The number of aromatic nitrogens is 2. The monoisotopic (exact) mass is 458 g/mol. The van der Waals surface area contributed by atoms with Gasteiger partial charge < -0.3 is 10.6 Å². The second-order valence-corrected chi connectivity index (χ2v) is 7.46. The van der Waals surface area contributed by atoms with Crippen molar-refractivity contribution in [2.75, 3.05) is 18.4 Å². The number of fused-ring (bicyclic) bond motifs is 1. The summed E-state index contributed by atoms with van der Waals surface area (Å²) in [7, 11) is 0. The highest BCUT2D eigenvalue weighted by Gasteiger charge is 2.31. The number of H-pyrrole nitrogens is 1. The van der Waals surface area contributed by atoms with Crippen LogP contribution in [0.25, 0.3) is 22.0 Å². The average molecular weight is 459 g/mol. The Labute approximate surface area is 181 Å². The minimum absolute atomic E-state index is 0. The molecule has 0 bridgehead atoms. The molecule has 1 atom stereocenters. The van der Waals surface area contributed by atoms with Crippen molar-refractivity contribution in [3.63, 3.8) is 0 Å². The molecule has 0 radical (unpaired) electrons. The molecule has 0 saturated carbocycles. The highest BCUT2D eigenvalue weighted by molar-refractivity contribution is 6.33. The minimum atomic E-state index is -4.46. The summed E-state index contributed by atoms with van der Waals surface area (Å²) in [5.74, 6) is 0.159. The Bertz CT molecular complexity index is 1060. The lowest BCUT2D eigenvalue weighted by molar-refractivity contribution is -0.137. The van der Waals surface area contributed by atoms with Crippen molar-refractivity contribution in [3.8, 4) is 11.1 Å². The standard InChI is InChI=1S/C20H18ClF3N4O.ClH/c21-16-9-13(20(22,23)24)4-5-14(16)11-3-6-17-15(8-11)18(28-27-17)26-19(29)12-2-1-7-25-10-12;/h3-6,8-9,12,25H,1-2,7,10H2,(H2,26,27,28,29);1H/t12-;/m1./s1. The number of piperidine rings is 1. The first-order valence-corrected chi connectivity index (χ1v) is 9.57. The van der Waals surface area contributed by atoms with Gasteiger partial charge in [-0.05, 0) is 49.2 Å². The van der Waals surface area contributed by atoms with E-state index in [1.807, 2.05) is 0 Å². The molecule has 30 heavy (non-hydrogen) atoms. The Morgan fingerprint density at radius 1 is 1.20 bits per heavy atom. The zero-order valence-electron chi connectivity index (χ0n) is 15.6. The first-order valence-electron chi connectivity index (χ1n) is 9.20. The Morgan fingerprint density at radius 2 is 2.00 bits per heavy atom. The number of nitrogens with one attached hydrogen (secondary N) is 3. The van der Waals surface area contributed by atoms with Crippen molar-refractivity contribution < 1.29 is 18.0 Å².